The van der Waals surface area contributed by atoms with E-state index in [9.17, 15) is 4.79 Å². The molecular formula is C5H11KO3. The van der Waals surface area contributed by atoms with Gasteiger partial charge in [0.15, 0.2) is 0 Å². The predicted octanol–water partition coefficient (Wildman–Crippen LogP) is 0.831. The molecular weight excluding hydrogens is 147 g/mol. The number of carboxylic acid groups (broad SMARTS) is 1. The van der Waals surface area contributed by atoms with Gasteiger partial charge in [-0.15, -0.1) is 0 Å². The quantitative estimate of drug-likeness (QED) is 0.419. The van der Waals surface area contributed by atoms with Crippen molar-refractivity contribution in [1.82, 2.24) is 0 Å². The summed E-state index contributed by atoms with van der Waals surface area (Å²) < 4.78 is 4.35. The van der Waals surface area contributed by atoms with Gasteiger partial charge in [0.05, 0.1) is 0 Å². The molecule has 0 rings (SSSR count). The average molecular weight is 158 g/mol. The molecule has 0 saturated heterocycles. The Labute approximate surface area is 97.2 Å². The molecule has 0 atom stereocenters. The van der Waals surface area contributed by atoms with Crippen LogP contribution in [0.2, 0.25) is 0 Å². The molecule has 0 radical (unpaired) electrons. The topological polar surface area (TPSA) is 46.5 Å². The van der Waals surface area contributed by atoms with Gasteiger partial charge in [-0.1, -0.05) is 0 Å². The molecule has 0 heterocycles. The zero-order chi connectivity index (χ0) is 6.78. The van der Waals surface area contributed by atoms with E-state index in [2.05, 4.69) is 4.74 Å². The van der Waals surface area contributed by atoms with Gasteiger partial charge in [0.1, 0.15) is 5.60 Å². The molecule has 3 nitrogen and oxygen atoms in total. The van der Waals surface area contributed by atoms with Crippen LogP contribution >= 0.6 is 0 Å². The Bertz CT molecular complexity index is 94.9. The summed E-state index contributed by atoms with van der Waals surface area (Å²) >= 11 is 0. The Hall–Kier alpha value is 0.906. The molecule has 0 aliphatic carbocycles. The first-order chi connectivity index (χ1) is 3.42. The van der Waals surface area contributed by atoms with Crippen LogP contribution in [-0.2, 0) is 4.74 Å². The van der Waals surface area contributed by atoms with E-state index in [0.29, 0.717) is 0 Å². The molecule has 50 valence electrons. The SMILES string of the molecule is CC(C)(C)OC(=O)O.[KH]. The monoisotopic (exact) mass is 158 g/mol. The summed E-state index contributed by atoms with van der Waals surface area (Å²) in [5, 5.41) is 8.03. The molecule has 0 aromatic rings. The van der Waals surface area contributed by atoms with Crippen LogP contribution < -0.4 is 0 Å². The van der Waals surface area contributed by atoms with Crippen molar-refractivity contribution in [1.29, 1.82) is 0 Å². The van der Waals surface area contributed by atoms with Crippen LogP contribution in [0, 0.1) is 0 Å². The van der Waals surface area contributed by atoms with Crippen LogP contribution in [0.3, 0.4) is 0 Å². The number of ether oxygens (including phenoxy) is 1. The summed E-state index contributed by atoms with van der Waals surface area (Å²) in [5.41, 5.74) is -0.578. The van der Waals surface area contributed by atoms with Crippen molar-refractivity contribution >= 4 is 57.5 Å². The summed E-state index contributed by atoms with van der Waals surface area (Å²) in [7, 11) is 0. The fourth-order valence-electron chi connectivity index (χ4n) is 0.262. The third kappa shape index (κ3) is 12.2. The van der Waals surface area contributed by atoms with Crippen molar-refractivity contribution in [2.45, 2.75) is 26.4 Å². The van der Waals surface area contributed by atoms with Crippen molar-refractivity contribution in [3.63, 3.8) is 0 Å². The normalized spacial score (nSPS) is 9.67. The second kappa shape index (κ2) is 4.68. The summed E-state index contributed by atoms with van der Waals surface area (Å²) in [4.78, 5) is 9.79. The summed E-state index contributed by atoms with van der Waals surface area (Å²) in [6.07, 6.45) is -1.22. The fourth-order valence-corrected chi connectivity index (χ4v) is 0.262. The maximum absolute atomic E-state index is 9.79. The minimum absolute atomic E-state index is 0. The number of carbonyl (C=O) groups is 1. The van der Waals surface area contributed by atoms with Crippen molar-refractivity contribution in [3.8, 4) is 0 Å². The molecule has 0 aliphatic rings. The zero-order valence-corrected chi connectivity index (χ0v) is 5.26. The first kappa shape index (κ1) is 12.6. The van der Waals surface area contributed by atoms with Crippen molar-refractivity contribution < 1.29 is 14.6 Å². The fraction of sp³-hybridized carbons (Fsp3) is 0.800. The van der Waals surface area contributed by atoms with Gasteiger partial charge in [0, 0.05) is 0 Å². The van der Waals surface area contributed by atoms with E-state index in [0.717, 1.165) is 0 Å². The van der Waals surface area contributed by atoms with E-state index in [1.807, 2.05) is 0 Å². The first-order valence-corrected chi connectivity index (χ1v) is 2.34. The Morgan fingerprint density at radius 3 is 1.78 bits per heavy atom. The summed E-state index contributed by atoms with van der Waals surface area (Å²) in [6.45, 7) is 5.04. The van der Waals surface area contributed by atoms with E-state index in [-0.39, 0.29) is 51.4 Å². The molecule has 0 unspecified atom stereocenters. The second-order valence-electron chi connectivity index (χ2n) is 2.48. The summed E-state index contributed by atoms with van der Waals surface area (Å²) in [6, 6.07) is 0. The number of hydrogen-bond acceptors (Lipinski definition) is 2. The molecule has 0 aliphatic heterocycles. The van der Waals surface area contributed by atoms with Gasteiger partial charge in [-0.2, -0.15) is 0 Å². The van der Waals surface area contributed by atoms with Gasteiger partial charge in [-0.3, -0.25) is 0 Å². The summed E-state index contributed by atoms with van der Waals surface area (Å²) in [5.74, 6) is 0. The van der Waals surface area contributed by atoms with Crippen LogP contribution in [0.5, 0.6) is 0 Å². The van der Waals surface area contributed by atoms with Crippen molar-refractivity contribution in [2.75, 3.05) is 0 Å². The van der Waals surface area contributed by atoms with Crippen LogP contribution in [-0.4, -0.2) is 68.2 Å². The van der Waals surface area contributed by atoms with E-state index < -0.39 is 11.8 Å². The molecule has 0 aromatic carbocycles. The third-order valence-electron chi connectivity index (χ3n) is 0.393. The van der Waals surface area contributed by atoms with Crippen LogP contribution in [0.1, 0.15) is 20.8 Å². The average Bonchev–Trinajstić information content (AvgIpc) is 1.21. The molecule has 0 amide bonds. The predicted molar refractivity (Wildman–Crippen MR) is 36.0 cm³/mol. The van der Waals surface area contributed by atoms with Gasteiger partial charge in [0.25, 0.3) is 0 Å². The van der Waals surface area contributed by atoms with E-state index in [1.54, 1.807) is 20.8 Å². The second-order valence-corrected chi connectivity index (χ2v) is 2.48. The molecule has 4 heteroatoms. The van der Waals surface area contributed by atoms with Gasteiger partial charge in [0.2, 0.25) is 0 Å². The Morgan fingerprint density at radius 2 is 1.78 bits per heavy atom. The maximum atomic E-state index is 9.79. The van der Waals surface area contributed by atoms with Crippen molar-refractivity contribution in [2.24, 2.45) is 0 Å². The van der Waals surface area contributed by atoms with Crippen LogP contribution in [0.15, 0.2) is 0 Å². The van der Waals surface area contributed by atoms with Crippen LogP contribution in [0.4, 0.5) is 4.79 Å². The Kier molecular flexibility index (Phi) is 6.54. The van der Waals surface area contributed by atoms with Gasteiger partial charge >= 0.3 is 57.5 Å². The van der Waals surface area contributed by atoms with E-state index >= 15 is 0 Å². The molecule has 1 N–H and O–H groups in total. The minimum atomic E-state index is -1.22. The van der Waals surface area contributed by atoms with Crippen LogP contribution in [0.25, 0.3) is 0 Å². The Morgan fingerprint density at radius 1 is 1.44 bits per heavy atom. The molecule has 0 aromatic heterocycles. The van der Waals surface area contributed by atoms with E-state index in [4.69, 9.17) is 5.11 Å². The third-order valence-corrected chi connectivity index (χ3v) is 0.393. The van der Waals surface area contributed by atoms with E-state index in [1.165, 1.54) is 0 Å². The standard InChI is InChI=1S/C5H10O3.K.H/c1-5(2,3)8-4(6)7;;/h1-3H3,(H,6,7);;. The number of hydrogen-bond donors (Lipinski definition) is 1. The molecule has 0 saturated carbocycles. The molecule has 0 spiro atoms. The molecule has 0 bridgehead atoms. The van der Waals surface area contributed by atoms with Gasteiger partial charge in [-0.05, 0) is 20.8 Å². The molecule has 0 fully saturated rings. The Balaban J connectivity index is 0. The van der Waals surface area contributed by atoms with Gasteiger partial charge < -0.3 is 9.84 Å². The zero-order valence-electron chi connectivity index (χ0n) is 5.26. The number of rotatable bonds is 0. The molecule has 9 heavy (non-hydrogen) atoms. The van der Waals surface area contributed by atoms with Gasteiger partial charge in [-0.25, -0.2) is 4.79 Å². The first-order valence-electron chi connectivity index (χ1n) is 2.34. The van der Waals surface area contributed by atoms with Crippen molar-refractivity contribution in [3.05, 3.63) is 0 Å².